The molecule has 4 heterocycles. The molecule has 1 aromatic carbocycles. The van der Waals surface area contributed by atoms with E-state index < -0.39 is 0 Å². The van der Waals surface area contributed by atoms with Crippen LogP contribution in [-0.2, 0) is 11.2 Å². The van der Waals surface area contributed by atoms with Gasteiger partial charge in [0.15, 0.2) is 11.4 Å². The average Bonchev–Trinajstić information content (AvgIpc) is 3.34. The number of hydrogen-bond donors (Lipinski definition) is 1. The summed E-state index contributed by atoms with van der Waals surface area (Å²) in [7, 11) is 3.50. The van der Waals surface area contributed by atoms with Crippen LogP contribution >= 0.6 is 0 Å². The fraction of sp³-hybridized carbons (Fsp3) is 0.320. The first-order chi connectivity index (χ1) is 17.4. The van der Waals surface area contributed by atoms with Crippen LogP contribution in [0.25, 0.3) is 22.5 Å². The van der Waals surface area contributed by atoms with Crippen molar-refractivity contribution in [3.05, 3.63) is 59.9 Å². The highest BCUT2D eigenvalue weighted by Crippen LogP contribution is 2.37. The Kier molecular flexibility index (Phi) is 6.47. The molecule has 3 aromatic heterocycles. The number of carbonyl (C=O) groups excluding carboxylic acids is 1. The van der Waals surface area contributed by atoms with E-state index in [2.05, 4.69) is 25.0 Å². The van der Waals surface area contributed by atoms with Gasteiger partial charge in [-0.3, -0.25) is 14.7 Å². The first-order valence-electron chi connectivity index (χ1n) is 11.6. The van der Waals surface area contributed by atoms with Crippen LogP contribution in [0.1, 0.15) is 11.5 Å². The molecule has 0 unspecified atom stereocenters. The van der Waals surface area contributed by atoms with Crippen LogP contribution in [0.3, 0.4) is 0 Å². The van der Waals surface area contributed by atoms with Crippen LogP contribution in [-0.4, -0.2) is 87.8 Å². The van der Waals surface area contributed by atoms with Gasteiger partial charge in [-0.1, -0.05) is 12.1 Å². The second kappa shape index (κ2) is 9.86. The van der Waals surface area contributed by atoms with E-state index in [4.69, 9.17) is 9.40 Å². The van der Waals surface area contributed by atoms with Crippen molar-refractivity contribution in [3.63, 3.8) is 0 Å². The van der Waals surface area contributed by atoms with Crippen LogP contribution < -0.4 is 4.90 Å². The number of benzene rings is 1. The molecule has 0 bridgehead atoms. The number of halogens is 1. The van der Waals surface area contributed by atoms with Crippen molar-refractivity contribution in [1.29, 1.82) is 0 Å². The molecule has 36 heavy (non-hydrogen) atoms. The third kappa shape index (κ3) is 4.82. The van der Waals surface area contributed by atoms with Crippen LogP contribution in [0, 0.1) is 5.82 Å². The molecule has 1 fully saturated rings. The maximum Gasteiger partial charge on any atom is 0.270 e. The number of fused-ring (bicyclic) bond motifs is 1. The summed E-state index contributed by atoms with van der Waals surface area (Å²) >= 11 is 0. The molecule has 186 valence electrons. The number of nitrogens with zero attached hydrogens (tertiary/aromatic N) is 7. The summed E-state index contributed by atoms with van der Waals surface area (Å²) in [5, 5.41) is 19.9. The Hall–Kier alpha value is -4.12. The van der Waals surface area contributed by atoms with Gasteiger partial charge in [0.25, 0.3) is 5.89 Å². The van der Waals surface area contributed by atoms with E-state index in [1.165, 1.54) is 12.1 Å². The first-order valence-corrected chi connectivity index (χ1v) is 11.6. The SMILES string of the molecule is CN(C)C(=O)CN1CCN(c2nc(-c3nnc(Cc4ccc(F)cc4)o3)c(O)c3ncccc23)CC1. The molecule has 1 aliphatic rings. The number of carbonyl (C=O) groups is 1. The molecule has 1 N–H and O–H groups in total. The number of aromatic nitrogens is 4. The van der Waals surface area contributed by atoms with Gasteiger partial charge >= 0.3 is 0 Å². The van der Waals surface area contributed by atoms with Gasteiger partial charge in [-0.15, -0.1) is 10.2 Å². The number of anilines is 1. The lowest BCUT2D eigenvalue weighted by molar-refractivity contribution is -0.129. The zero-order valence-corrected chi connectivity index (χ0v) is 20.1. The molecule has 10 nitrogen and oxygen atoms in total. The largest absolute Gasteiger partial charge is 0.504 e. The summed E-state index contributed by atoms with van der Waals surface area (Å²) in [6, 6.07) is 9.71. The van der Waals surface area contributed by atoms with Crippen LogP contribution in [0.2, 0.25) is 0 Å². The zero-order valence-electron chi connectivity index (χ0n) is 20.1. The lowest BCUT2D eigenvalue weighted by Gasteiger charge is -2.36. The molecular formula is C25H26FN7O3. The number of rotatable bonds is 6. The molecule has 0 spiro atoms. The summed E-state index contributed by atoms with van der Waals surface area (Å²) < 4.78 is 19.0. The number of hydrogen-bond acceptors (Lipinski definition) is 9. The van der Waals surface area contributed by atoms with E-state index in [1.54, 1.807) is 43.4 Å². The van der Waals surface area contributed by atoms with E-state index in [1.807, 2.05) is 6.07 Å². The van der Waals surface area contributed by atoms with E-state index in [9.17, 15) is 14.3 Å². The maximum atomic E-state index is 13.2. The minimum Gasteiger partial charge on any atom is -0.504 e. The maximum absolute atomic E-state index is 13.2. The van der Waals surface area contributed by atoms with Gasteiger partial charge in [-0.05, 0) is 29.8 Å². The Morgan fingerprint density at radius 2 is 1.86 bits per heavy atom. The Morgan fingerprint density at radius 3 is 2.58 bits per heavy atom. The predicted octanol–water partition coefficient (Wildman–Crippen LogP) is 2.33. The van der Waals surface area contributed by atoms with Gasteiger partial charge < -0.3 is 19.3 Å². The van der Waals surface area contributed by atoms with Gasteiger partial charge in [-0.2, -0.15) is 0 Å². The number of pyridine rings is 2. The summed E-state index contributed by atoms with van der Waals surface area (Å²) in [5.41, 5.74) is 1.36. The normalized spacial score (nSPS) is 14.4. The highest BCUT2D eigenvalue weighted by atomic mass is 19.1. The standard InChI is InChI=1S/C25H26FN7O3/c1-31(2)20(34)15-32-10-12-33(13-11-32)24-18-4-3-9-27-21(18)23(35)22(28-24)25-30-29-19(36-25)14-16-5-7-17(26)8-6-16/h3-9,35H,10-15H2,1-2H3. The molecule has 11 heteroatoms. The monoisotopic (exact) mass is 491 g/mol. The summed E-state index contributed by atoms with van der Waals surface area (Å²) in [6.45, 7) is 3.07. The Balaban J connectivity index is 1.42. The second-order valence-corrected chi connectivity index (χ2v) is 8.89. The third-order valence-corrected chi connectivity index (χ3v) is 6.18. The van der Waals surface area contributed by atoms with Gasteiger partial charge in [-0.25, -0.2) is 9.37 Å². The minimum atomic E-state index is -0.319. The van der Waals surface area contributed by atoms with Crippen LogP contribution in [0.5, 0.6) is 5.75 Å². The number of aromatic hydroxyl groups is 1. The molecular weight excluding hydrogens is 465 g/mol. The van der Waals surface area contributed by atoms with Crippen LogP contribution in [0.4, 0.5) is 10.2 Å². The van der Waals surface area contributed by atoms with Gasteiger partial charge in [0.05, 0.1) is 13.0 Å². The van der Waals surface area contributed by atoms with Crippen LogP contribution in [0.15, 0.2) is 47.0 Å². The second-order valence-electron chi connectivity index (χ2n) is 8.89. The highest BCUT2D eigenvalue weighted by molar-refractivity contribution is 5.97. The van der Waals surface area contributed by atoms with E-state index in [-0.39, 0.29) is 29.1 Å². The van der Waals surface area contributed by atoms with Crippen molar-refractivity contribution >= 4 is 22.6 Å². The Labute approximate surface area is 207 Å². The summed E-state index contributed by atoms with van der Waals surface area (Å²) in [4.78, 5) is 27.0. The van der Waals surface area contributed by atoms with Crippen molar-refractivity contribution in [2.45, 2.75) is 6.42 Å². The number of likely N-dealkylation sites (N-methyl/N-ethyl adjacent to an activating group) is 1. The van der Waals surface area contributed by atoms with E-state index in [0.29, 0.717) is 61.8 Å². The molecule has 1 amide bonds. The lowest BCUT2D eigenvalue weighted by atomic mass is 10.1. The van der Waals surface area contributed by atoms with Crippen molar-refractivity contribution in [2.75, 3.05) is 51.7 Å². The average molecular weight is 492 g/mol. The Morgan fingerprint density at radius 1 is 1.11 bits per heavy atom. The fourth-order valence-electron chi connectivity index (χ4n) is 4.14. The zero-order chi connectivity index (χ0) is 25.2. The smallest absolute Gasteiger partial charge is 0.270 e. The van der Waals surface area contributed by atoms with E-state index >= 15 is 0 Å². The molecule has 0 saturated carbocycles. The lowest BCUT2D eigenvalue weighted by Crippen LogP contribution is -2.49. The van der Waals surface area contributed by atoms with E-state index in [0.717, 1.165) is 5.56 Å². The topological polar surface area (TPSA) is 112 Å². The van der Waals surface area contributed by atoms with Crippen molar-refractivity contribution in [2.24, 2.45) is 0 Å². The van der Waals surface area contributed by atoms with Gasteiger partial charge in [0.2, 0.25) is 11.8 Å². The third-order valence-electron chi connectivity index (χ3n) is 6.18. The number of amides is 1. The predicted molar refractivity (Wildman–Crippen MR) is 131 cm³/mol. The molecule has 1 aliphatic heterocycles. The Bertz CT molecular complexity index is 1380. The fourth-order valence-corrected chi connectivity index (χ4v) is 4.14. The minimum absolute atomic E-state index is 0.0657. The van der Waals surface area contributed by atoms with Gasteiger partial charge in [0, 0.05) is 51.9 Å². The van der Waals surface area contributed by atoms with Crippen molar-refractivity contribution in [1.82, 2.24) is 30.0 Å². The summed E-state index contributed by atoms with van der Waals surface area (Å²) in [5.74, 6) is 0.661. The van der Waals surface area contributed by atoms with Gasteiger partial charge in [0.1, 0.15) is 17.2 Å². The van der Waals surface area contributed by atoms with Crippen molar-refractivity contribution < 1.29 is 18.7 Å². The highest BCUT2D eigenvalue weighted by Gasteiger charge is 2.26. The molecule has 4 aromatic rings. The first kappa shape index (κ1) is 23.6. The molecule has 0 radical (unpaired) electrons. The quantitative estimate of drug-likeness (QED) is 0.434. The van der Waals surface area contributed by atoms with Crippen molar-refractivity contribution in [3.8, 4) is 17.3 Å². The molecule has 0 aliphatic carbocycles. The molecule has 1 saturated heterocycles. The number of piperazine rings is 1. The summed E-state index contributed by atoms with van der Waals surface area (Å²) in [6.07, 6.45) is 1.93. The molecule has 5 rings (SSSR count). The molecule has 0 atom stereocenters.